The predicted octanol–water partition coefficient (Wildman–Crippen LogP) is 4.29. The van der Waals surface area contributed by atoms with Crippen molar-refractivity contribution in [1.82, 2.24) is 0 Å². The summed E-state index contributed by atoms with van der Waals surface area (Å²) in [6.45, 7) is 0. The van der Waals surface area contributed by atoms with Crippen LogP contribution in [0.15, 0.2) is 57.5 Å². The molecule has 0 aromatic heterocycles. The van der Waals surface area contributed by atoms with Gasteiger partial charge in [0.1, 0.15) is 0 Å². The fourth-order valence-corrected chi connectivity index (χ4v) is 1.88. The molecule has 104 valence electrons. The van der Waals surface area contributed by atoms with Crippen LogP contribution < -0.4 is 0 Å². The molecule has 2 N–H and O–H groups in total. The Morgan fingerprint density at radius 3 is 1.70 bits per heavy atom. The molecule has 0 aliphatic carbocycles. The van der Waals surface area contributed by atoms with Crippen molar-refractivity contribution in [3.05, 3.63) is 68.6 Å². The van der Waals surface area contributed by atoms with Crippen molar-refractivity contribution in [2.45, 2.75) is 0 Å². The first-order valence-corrected chi connectivity index (χ1v) is 6.96. The van der Waals surface area contributed by atoms with Crippen LogP contribution in [0.25, 0.3) is 0 Å². The third kappa shape index (κ3) is 5.54. The lowest BCUT2D eigenvalue weighted by molar-refractivity contribution is 0.0686. The highest BCUT2D eigenvalue weighted by atomic mass is 79.9. The monoisotopic (exact) mass is 400 g/mol. The molecule has 20 heavy (non-hydrogen) atoms. The second-order valence-electron chi connectivity index (χ2n) is 3.63. The van der Waals surface area contributed by atoms with Crippen LogP contribution in [0, 0.1) is 0 Å². The van der Waals surface area contributed by atoms with Crippen LogP contribution >= 0.6 is 31.9 Å². The molecule has 0 spiro atoms. The lowest BCUT2D eigenvalue weighted by Gasteiger charge is -1.92. The number of carboxylic acid groups (broad SMARTS) is 2. The van der Waals surface area contributed by atoms with Gasteiger partial charge in [-0.2, -0.15) is 0 Å². The average molecular weight is 402 g/mol. The number of halogens is 2. The second-order valence-corrected chi connectivity index (χ2v) is 5.46. The third-order valence-corrected chi connectivity index (χ3v) is 3.18. The Kier molecular flexibility index (Phi) is 6.41. The van der Waals surface area contributed by atoms with Gasteiger partial charge in [-0.1, -0.05) is 37.9 Å². The molecule has 2 aromatic rings. The van der Waals surface area contributed by atoms with Gasteiger partial charge in [-0.15, -0.1) is 0 Å². The van der Waals surface area contributed by atoms with Crippen LogP contribution in [-0.4, -0.2) is 22.2 Å². The average Bonchev–Trinajstić information content (AvgIpc) is 2.40. The maximum atomic E-state index is 10.3. The fraction of sp³-hybridized carbons (Fsp3) is 0. The third-order valence-electron chi connectivity index (χ3n) is 2.16. The molecule has 0 atom stereocenters. The van der Waals surface area contributed by atoms with Crippen molar-refractivity contribution in [2.75, 3.05) is 0 Å². The Morgan fingerprint density at radius 1 is 0.750 bits per heavy atom. The van der Waals surface area contributed by atoms with Gasteiger partial charge < -0.3 is 10.2 Å². The van der Waals surface area contributed by atoms with Crippen LogP contribution in [0.1, 0.15) is 20.7 Å². The highest BCUT2D eigenvalue weighted by Crippen LogP contribution is 2.11. The Balaban J connectivity index is 0.000000200. The maximum Gasteiger partial charge on any atom is 0.335 e. The molecular formula is C14H10Br2O4. The van der Waals surface area contributed by atoms with E-state index in [0.29, 0.717) is 11.1 Å². The molecule has 0 saturated carbocycles. The van der Waals surface area contributed by atoms with Crippen LogP contribution in [0.3, 0.4) is 0 Å². The summed E-state index contributed by atoms with van der Waals surface area (Å²) < 4.78 is 1.67. The zero-order valence-electron chi connectivity index (χ0n) is 10.1. The minimum absolute atomic E-state index is 0.300. The minimum Gasteiger partial charge on any atom is -0.478 e. The van der Waals surface area contributed by atoms with Crippen LogP contribution in [0.5, 0.6) is 0 Å². The van der Waals surface area contributed by atoms with E-state index in [2.05, 4.69) is 31.9 Å². The van der Waals surface area contributed by atoms with Crippen LogP contribution in [-0.2, 0) is 0 Å². The second kappa shape index (κ2) is 7.81. The van der Waals surface area contributed by atoms with Crippen LogP contribution in [0.4, 0.5) is 0 Å². The van der Waals surface area contributed by atoms with E-state index in [9.17, 15) is 9.59 Å². The number of carbonyl (C=O) groups is 2. The van der Waals surface area contributed by atoms with Crippen molar-refractivity contribution in [3.8, 4) is 0 Å². The molecule has 0 aliphatic heterocycles. The first-order chi connectivity index (χ1) is 9.40. The molecule has 0 saturated heterocycles. The topological polar surface area (TPSA) is 74.6 Å². The largest absolute Gasteiger partial charge is 0.478 e. The van der Waals surface area contributed by atoms with E-state index < -0.39 is 11.9 Å². The molecule has 6 heteroatoms. The SMILES string of the molecule is O=C(O)c1ccc(Br)cc1.O=C(O)c1cccc(Br)c1. The van der Waals surface area contributed by atoms with E-state index >= 15 is 0 Å². The molecule has 0 unspecified atom stereocenters. The Labute approximate surface area is 132 Å². The molecule has 0 fully saturated rings. The molecule has 0 bridgehead atoms. The highest BCUT2D eigenvalue weighted by molar-refractivity contribution is 9.10. The van der Waals surface area contributed by atoms with Gasteiger partial charge in [0.25, 0.3) is 0 Å². The number of benzene rings is 2. The maximum absolute atomic E-state index is 10.3. The summed E-state index contributed by atoms with van der Waals surface area (Å²) in [6, 6.07) is 13.1. The predicted molar refractivity (Wildman–Crippen MR) is 82.2 cm³/mol. The van der Waals surface area contributed by atoms with Gasteiger partial charge in [-0.05, 0) is 42.5 Å². The van der Waals surface area contributed by atoms with E-state index in [4.69, 9.17) is 10.2 Å². The summed E-state index contributed by atoms with van der Waals surface area (Å²) in [5, 5.41) is 16.9. The lowest BCUT2D eigenvalue weighted by Crippen LogP contribution is -1.94. The lowest BCUT2D eigenvalue weighted by atomic mass is 10.2. The van der Waals surface area contributed by atoms with E-state index in [1.54, 1.807) is 48.5 Å². The fourth-order valence-electron chi connectivity index (χ4n) is 1.21. The molecule has 0 radical (unpaired) electrons. The van der Waals surface area contributed by atoms with Crippen LogP contribution in [0.2, 0.25) is 0 Å². The smallest absolute Gasteiger partial charge is 0.335 e. The summed E-state index contributed by atoms with van der Waals surface area (Å²) in [7, 11) is 0. The summed E-state index contributed by atoms with van der Waals surface area (Å²) in [6.07, 6.45) is 0. The molecule has 0 amide bonds. The molecule has 2 aromatic carbocycles. The zero-order valence-corrected chi connectivity index (χ0v) is 13.3. The number of rotatable bonds is 2. The molecule has 0 heterocycles. The summed E-state index contributed by atoms with van der Waals surface area (Å²) >= 11 is 6.37. The summed E-state index contributed by atoms with van der Waals surface area (Å²) in [4.78, 5) is 20.6. The molecule has 2 rings (SSSR count). The first kappa shape index (κ1) is 16.4. The Hall–Kier alpha value is -1.66. The standard InChI is InChI=1S/2C7H5BrO2/c8-6-3-1-5(2-4-6)7(9)10;8-6-3-1-2-5(4-6)7(9)10/h2*1-4H,(H,9,10). The van der Waals surface area contributed by atoms with E-state index in [0.717, 1.165) is 8.95 Å². The van der Waals surface area contributed by atoms with E-state index in [1.165, 1.54) is 0 Å². The molecular weight excluding hydrogens is 392 g/mol. The molecule has 0 aliphatic rings. The highest BCUT2D eigenvalue weighted by Gasteiger charge is 2.00. The van der Waals surface area contributed by atoms with Crippen molar-refractivity contribution in [1.29, 1.82) is 0 Å². The summed E-state index contributed by atoms with van der Waals surface area (Å²) in [5.74, 6) is -1.80. The van der Waals surface area contributed by atoms with E-state index in [-0.39, 0.29) is 0 Å². The van der Waals surface area contributed by atoms with Gasteiger partial charge in [-0.25, -0.2) is 9.59 Å². The zero-order chi connectivity index (χ0) is 15.1. The van der Waals surface area contributed by atoms with Gasteiger partial charge in [0.05, 0.1) is 11.1 Å². The number of hydrogen-bond acceptors (Lipinski definition) is 2. The van der Waals surface area contributed by atoms with Crippen molar-refractivity contribution in [3.63, 3.8) is 0 Å². The Morgan fingerprint density at radius 2 is 1.30 bits per heavy atom. The van der Waals surface area contributed by atoms with Crippen molar-refractivity contribution < 1.29 is 19.8 Å². The van der Waals surface area contributed by atoms with Gasteiger partial charge in [0, 0.05) is 8.95 Å². The minimum atomic E-state index is -0.902. The number of carboxylic acids is 2. The van der Waals surface area contributed by atoms with Gasteiger partial charge in [0.2, 0.25) is 0 Å². The van der Waals surface area contributed by atoms with Gasteiger partial charge in [-0.3, -0.25) is 0 Å². The van der Waals surface area contributed by atoms with Crippen molar-refractivity contribution >= 4 is 43.8 Å². The Bertz CT molecular complexity index is 609. The first-order valence-electron chi connectivity index (χ1n) is 5.38. The number of hydrogen-bond donors (Lipinski definition) is 2. The van der Waals surface area contributed by atoms with E-state index in [1.807, 2.05) is 0 Å². The normalized spacial score (nSPS) is 9.30. The van der Waals surface area contributed by atoms with Gasteiger partial charge in [0.15, 0.2) is 0 Å². The van der Waals surface area contributed by atoms with Crippen molar-refractivity contribution in [2.24, 2.45) is 0 Å². The summed E-state index contributed by atoms with van der Waals surface area (Å²) in [5.41, 5.74) is 0.609. The quantitative estimate of drug-likeness (QED) is 0.786. The number of aromatic carboxylic acids is 2. The molecule has 4 nitrogen and oxygen atoms in total. The van der Waals surface area contributed by atoms with Gasteiger partial charge >= 0.3 is 11.9 Å².